The van der Waals surface area contributed by atoms with Gasteiger partial charge < -0.3 is 0 Å². The molecule has 4 bridgehead atoms. The van der Waals surface area contributed by atoms with Crippen LogP contribution in [0, 0.1) is 11.8 Å². The van der Waals surface area contributed by atoms with Crippen molar-refractivity contribution in [1.82, 2.24) is 0 Å². The Hall–Kier alpha value is -1.65. The Morgan fingerprint density at radius 3 is 1.75 bits per heavy atom. The minimum Gasteiger partial charge on any atom is -0.244 e. The fourth-order valence-electron chi connectivity index (χ4n) is 6.14. The summed E-state index contributed by atoms with van der Waals surface area (Å²) in [6, 6.07) is 0. The quantitative estimate of drug-likeness (QED) is 0.389. The highest BCUT2D eigenvalue weighted by Gasteiger charge is 2.73. The molecule has 0 aromatic heterocycles. The van der Waals surface area contributed by atoms with Gasteiger partial charge in [0.1, 0.15) is 5.67 Å². The number of alkyl halides is 7. The fraction of sp³-hybridized carbons (Fsp3) is 0.684. The van der Waals surface area contributed by atoms with Crippen LogP contribution in [-0.4, -0.2) is 44.9 Å². The highest BCUT2D eigenvalue weighted by Crippen LogP contribution is 2.64. The number of hydrogen-bond donors (Lipinski definition) is 0. The van der Waals surface area contributed by atoms with Gasteiger partial charge in [-0.25, -0.2) is 43.2 Å². The summed E-state index contributed by atoms with van der Waals surface area (Å²) < 4.78 is 200. The van der Waals surface area contributed by atoms with Crippen LogP contribution in [0.5, 0.6) is 0 Å². The summed E-state index contributed by atoms with van der Waals surface area (Å²) in [6.07, 6.45) is -14.0. The van der Waals surface area contributed by atoms with Gasteiger partial charge in [-0.3, -0.25) is 0 Å². The Morgan fingerprint density at radius 1 is 0.806 bits per heavy atom. The molecule has 0 amide bonds. The van der Waals surface area contributed by atoms with Crippen LogP contribution in [0.25, 0.3) is 0 Å². The molecule has 17 heteroatoms. The summed E-state index contributed by atoms with van der Waals surface area (Å²) in [6.45, 7) is 0. The lowest BCUT2D eigenvalue weighted by Gasteiger charge is -2.58. The van der Waals surface area contributed by atoms with Crippen LogP contribution in [-0.2, 0) is 19.7 Å². The lowest BCUT2D eigenvalue weighted by atomic mass is 9.54. The van der Waals surface area contributed by atoms with Gasteiger partial charge >= 0.3 is 11.4 Å². The van der Waals surface area contributed by atoms with E-state index in [1.807, 2.05) is 0 Å². The van der Waals surface area contributed by atoms with Gasteiger partial charge in [0.25, 0.3) is 9.84 Å². The Labute approximate surface area is 196 Å². The second-order valence-electron chi connectivity index (χ2n) is 9.67. The van der Waals surface area contributed by atoms with E-state index < -0.39 is 112 Å². The van der Waals surface area contributed by atoms with Gasteiger partial charge in [0.2, 0.25) is 0 Å². The van der Waals surface area contributed by atoms with E-state index in [0.717, 1.165) is 0 Å². The van der Waals surface area contributed by atoms with Crippen LogP contribution in [0.15, 0.2) is 33.1 Å². The highest BCUT2D eigenvalue weighted by atomic mass is 32.3. The predicted molar refractivity (Wildman–Crippen MR) is 100 cm³/mol. The zero-order valence-corrected chi connectivity index (χ0v) is 19.2. The van der Waals surface area contributed by atoms with Gasteiger partial charge in [-0.2, -0.15) is 22.0 Å². The van der Waals surface area contributed by atoms with E-state index in [1.165, 1.54) is 0 Å². The van der Waals surface area contributed by atoms with E-state index in [4.69, 9.17) is 0 Å². The molecule has 4 nitrogen and oxygen atoms in total. The number of sulfone groups is 2. The van der Waals surface area contributed by atoms with Gasteiger partial charge in [0, 0.05) is 6.42 Å². The number of rotatable bonds is 4. The summed E-state index contributed by atoms with van der Waals surface area (Å²) in [7, 11) is -14.1. The summed E-state index contributed by atoms with van der Waals surface area (Å²) >= 11 is 0. The zero-order chi connectivity index (χ0) is 27.4. The first kappa shape index (κ1) is 27.4. The summed E-state index contributed by atoms with van der Waals surface area (Å²) in [4.78, 5) is 0. The van der Waals surface area contributed by atoms with Gasteiger partial charge in [0.15, 0.2) is 43.6 Å². The molecule has 3 unspecified atom stereocenters. The summed E-state index contributed by atoms with van der Waals surface area (Å²) in [5.41, 5.74) is -5.22. The van der Waals surface area contributed by atoms with Gasteiger partial charge in [0.05, 0.1) is 10.3 Å². The normalized spacial score (nSPS) is 37.1. The van der Waals surface area contributed by atoms with E-state index in [2.05, 4.69) is 0 Å². The van der Waals surface area contributed by atoms with Crippen LogP contribution in [0.1, 0.15) is 38.5 Å². The zero-order valence-electron chi connectivity index (χ0n) is 17.6. The maximum atomic E-state index is 15.3. The molecule has 0 heterocycles. The lowest BCUT2D eigenvalue weighted by Crippen LogP contribution is -2.61. The third kappa shape index (κ3) is 3.50. The highest BCUT2D eigenvalue weighted by molar-refractivity contribution is 8.15. The Kier molecular flexibility index (Phi) is 5.85. The second kappa shape index (κ2) is 7.69. The van der Waals surface area contributed by atoms with E-state index in [-0.39, 0.29) is 19.3 Å². The van der Waals surface area contributed by atoms with Gasteiger partial charge in [-0.05, 0) is 43.9 Å². The molecule has 204 valence electrons. The number of hydrogen-bond acceptors (Lipinski definition) is 4. The molecule has 0 aromatic rings. The monoisotopic (exact) mass is 580 g/mol. The van der Waals surface area contributed by atoms with Crippen molar-refractivity contribution in [3.05, 3.63) is 33.1 Å². The maximum Gasteiger partial charge on any atom is 0.469 e. The van der Waals surface area contributed by atoms with Crippen LogP contribution >= 0.6 is 0 Å². The summed E-state index contributed by atoms with van der Waals surface area (Å²) in [5.74, 6) is -13.7. The van der Waals surface area contributed by atoms with Crippen molar-refractivity contribution in [1.29, 1.82) is 0 Å². The first-order valence-electron chi connectivity index (χ1n) is 10.2. The number of allylic oxidation sites excluding steroid dienone is 5. The molecule has 5 aliphatic carbocycles. The average molecular weight is 580 g/mol. The maximum absolute atomic E-state index is 15.3. The van der Waals surface area contributed by atoms with Crippen LogP contribution < -0.4 is 0 Å². The molecule has 36 heavy (non-hydrogen) atoms. The molecular formula is C19H15F11O4S2. The van der Waals surface area contributed by atoms with Crippen molar-refractivity contribution in [2.45, 2.75) is 66.5 Å². The molecule has 5 aliphatic rings. The first-order valence-corrected chi connectivity index (χ1v) is 13.2. The van der Waals surface area contributed by atoms with Crippen molar-refractivity contribution in [2.24, 2.45) is 11.8 Å². The molecule has 0 saturated heterocycles. The van der Waals surface area contributed by atoms with Gasteiger partial charge in [-0.1, -0.05) is 0 Å². The topological polar surface area (TPSA) is 68.3 Å². The molecule has 0 aromatic carbocycles. The van der Waals surface area contributed by atoms with Crippen LogP contribution in [0.4, 0.5) is 48.3 Å². The largest absolute Gasteiger partial charge is 0.469 e. The molecule has 5 rings (SSSR count). The van der Waals surface area contributed by atoms with Crippen LogP contribution in [0.3, 0.4) is 0 Å². The third-order valence-electron chi connectivity index (χ3n) is 7.19. The van der Waals surface area contributed by atoms with Crippen LogP contribution in [0.2, 0.25) is 0 Å². The van der Waals surface area contributed by atoms with E-state index in [0.29, 0.717) is 0 Å². The minimum atomic E-state index is -7.74. The standard InChI is InChI=1S/C19H15F11O4S2/c20-10-9(11(21)13(23)14(24)12(10)22)15(36(33,34)19(29,30)18(26,27)28)35(31,32)17-4-7-1-8(5-17)3-16(25,2-7)6-17/h7-8,10H,1-6H2/b15-9+. The smallest absolute Gasteiger partial charge is 0.244 e. The minimum absolute atomic E-state index is 0.206. The van der Waals surface area contributed by atoms with Crippen molar-refractivity contribution in [3.63, 3.8) is 0 Å². The molecule has 4 saturated carbocycles. The van der Waals surface area contributed by atoms with Gasteiger partial charge in [-0.15, -0.1) is 0 Å². The third-order valence-corrected chi connectivity index (χ3v) is 12.4. The Balaban J connectivity index is 2.09. The number of halogens is 11. The van der Waals surface area contributed by atoms with Crippen molar-refractivity contribution >= 4 is 19.7 Å². The fourth-order valence-corrected chi connectivity index (χ4v) is 11.4. The SMILES string of the molecule is O=S(=O)(/C(=C1\C(F)=C(F)C(F)=C(F)C1F)S(=O)(=O)C(F)(F)C(F)(F)F)C12CC3CC(CC(F)(C3)C1)C2. The summed E-state index contributed by atoms with van der Waals surface area (Å²) in [5, 5.41) is -7.03. The lowest BCUT2D eigenvalue weighted by molar-refractivity contribution is -0.241. The Morgan fingerprint density at radius 2 is 1.31 bits per heavy atom. The molecule has 0 radical (unpaired) electrons. The second-order valence-corrected chi connectivity index (χ2v) is 14.1. The van der Waals surface area contributed by atoms with Crippen molar-refractivity contribution in [2.75, 3.05) is 0 Å². The predicted octanol–water partition coefficient (Wildman–Crippen LogP) is 5.90. The first-order chi connectivity index (χ1) is 16.1. The molecule has 4 fully saturated rings. The molecular weight excluding hydrogens is 565 g/mol. The van der Waals surface area contributed by atoms with E-state index in [9.17, 15) is 60.7 Å². The molecule has 0 N–H and O–H groups in total. The van der Waals surface area contributed by atoms with E-state index >= 15 is 4.39 Å². The van der Waals surface area contributed by atoms with Crippen molar-refractivity contribution < 1.29 is 65.1 Å². The Bertz CT molecular complexity index is 1310. The average Bonchev–Trinajstić information content (AvgIpc) is 2.70. The van der Waals surface area contributed by atoms with Crippen molar-refractivity contribution in [3.8, 4) is 0 Å². The van der Waals surface area contributed by atoms with E-state index in [1.54, 1.807) is 0 Å². The molecule has 0 aliphatic heterocycles. The molecule has 3 atom stereocenters. The molecule has 0 spiro atoms.